The minimum atomic E-state index is 0.0793. The molecule has 0 aliphatic rings. The smallest absolute Gasteiger partial charge is 0.253 e. The van der Waals surface area contributed by atoms with Crippen LogP contribution in [0.15, 0.2) is 30.3 Å². The maximum absolute atomic E-state index is 11.7. The van der Waals surface area contributed by atoms with E-state index in [9.17, 15) is 4.79 Å². The highest BCUT2D eigenvalue weighted by Gasteiger charge is 2.12. The van der Waals surface area contributed by atoms with Gasteiger partial charge in [-0.15, -0.1) is 0 Å². The number of amides is 1. The van der Waals surface area contributed by atoms with Crippen molar-refractivity contribution in [2.75, 3.05) is 7.05 Å². The molecular weight excluding hydrogens is 186 g/mol. The number of nitrogens with zero attached hydrogens (tertiary/aromatic N) is 1. The average Bonchev–Trinajstić information content (AvgIpc) is 2.31. The summed E-state index contributed by atoms with van der Waals surface area (Å²) in [6.45, 7) is 8.00. The topological polar surface area (TPSA) is 20.3 Å². The number of carbonyl (C=O) groups excluding carboxylic acids is 1. The zero-order valence-electron chi connectivity index (χ0n) is 10.3. The van der Waals surface area contributed by atoms with Gasteiger partial charge in [-0.25, -0.2) is 0 Å². The molecule has 1 aromatic rings. The lowest BCUT2D eigenvalue weighted by atomic mass is 10.2. The standard InChI is InChI=1S/C11H15NO.C2H6/c1-9(2)12(3)11(13)10-7-5-4-6-8-10;1-2/h4-9H,1-3H3;1-2H3. The van der Waals surface area contributed by atoms with Crippen molar-refractivity contribution in [2.24, 2.45) is 0 Å². The van der Waals surface area contributed by atoms with Gasteiger partial charge in [0.1, 0.15) is 0 Å². The first-order chi connectivity index (χ1) is 7.13. The van der Waals surface area contributed by atoms with Gasteiger partial charge in [-0.05, 0) is 26.0 Å². The third-order valence-electron chi connectivity index (χ3n) is 2.12. The summed E-state index contributed by atoms with van der Waals surface area (Å²) < 4.78 is 0. The highest BCUT2D eigenvalue weighted by Crippen LogP contribution is 2.05. The Morgan fingerprint density at radius 1 is 1.13 bits per heavy atom. The lowest BCUT2D eigenvalue weighted by molar-refractivity contribution is 0.0755. The lowest BCUT2D eigenvalue weighted by Crippen LogP contribution is -2.32. The van der Waals surface area contributed by atoms with E-state index in [2.05, 4.69) is 0 Å². The molecule has 0 unspecified atom stereocenters. The first-order valence-electron chi connectivity index (χ1n) is 5.45. The van der Waals surface area contributed by atoms with E-state index in [-0.39, 0.29) is 11.9 Å². The summed E-state index contributed by atoms with van der Waals surface area (Å²) in [5.41, 5.74) is 0.749. The van der Waals surface area contributed by atoms with Gasteiger partial charge in [0.2, 0.25) is 0 Å². The molecule has 2 heteroatoms. The van der Waals surface area contributed by atoms with Gasteiger partial charge < -0.3 is 4.90 Å². The summed E-state index contributed by atoms with van der Waals surface area (Å²) in [5.74, 6) is 0.0793. The van der Waals surface area contributed by atoms with Gasteiger partial charge in [0, 0.05) is 18.7 Å². The summed E-state index contributed by atoms with van der Waals surface area (Å²) in [5, 5.41) is 0. The van der Waals surface area contributed by atoms with E-state index in [0.29, 0.717) is 0 Å². The van der Waals surface area contributed by atoms with Crippen LogP contribution in [0.4, 0.5) is 0 Å². The highest BCUT2D eigenvalue weighted by molar-refractivity contribution is 5.94. The molecule has 1 rings (SSSR count). The minimum absolute atomic E-state index is 0.0793. The predicted molar refractivity (Wildman–Crippen MR) is 65.0 cm³/mol. The molecule has 0 atom stereocenters. The molecule has 0 aliphatic carbocycles. The van der Waals surface area contributed by atoms with E-state index < -0.39 is 0 Å². The fourth-order valence-electron chi connectivity index (χ4n) is 1.02. The van der Waals surface area contributed by atoms with Crippen LogP contribution >= 0.6 is 0 Å². The number of rotatable bonds is 2. The van der Waals surface area contributed by atoms with E-state index >= 15 is 0 Å². The zero-order valence-corrected chi connectivity index (χ0v) is 10.3. The van der Waals surface area contributed by atoms with Crippen LogP contribution in [-0.2, 0) is 0 Å². The highest BCUT2D eigenvalue weighted by atomic mass is 16.2. The molecule has 15 heavy (non-hydrogen) atoms. The van der Waals surface area contributed by atoms with E-state index in [1.807, 2.05) is 65.1 Å². The minimum Gasteiger partial charge on any atom is -0.339 e. The van der Waals surface area contributed by atoms with Gasteiger partial charge in [0.15, 0.2) is 0 Å². The van der Waals surface area contributed by atoms with Crippen molar-refractivity contribution in [3.05, 3.63) is 35.9 Å². The van der Waals surface area contributed by atoms with Crippen LogP contribution in [0, 0.1) is 0 Å². The molecule has 0 radical (unpaired) electrons. The third kappa shape index (κ3) is 4.15. The molecule has 0 saturated carbocycles. The van der Waals surface area contributed by atoms with Crippen LogP contribution < -0.4 is 0 Å². The van der Waals surface area contributed by atoms with E-state index in [1.165, 1.54) is 0 Å². The second kappa shape index (κ2) is 7.04. The molecule has 2 nitrogen and oxygen atoms in total. The molecule has 0 bridgehead atoms. The van der Waals surface area contributed by atoms with Crippen LogP contribution in [0.1, 0.15) is 38.1 Å². The van der Waals surface area contributed by atoms with Gasteiger partial charge in [-0.3, -0.25) is 4.79 Å². The van der Waals surface area contributed by atoms with E-state index in [4.69, 9.17) is 0 Å². The van der Waals surface area contributed by atoms with Gasteiger partial charge in [-0.2, -0.15) is 0 Å². The van der Waals surface area contributed by atoms with Gasteiger partial charge in [0.05, 0.1) is 0 Å². The molecule has 0 aromatic heterocycles. The summed E-state index contributed by atoms with van der Waals surface area (Å²) in [6, 6.07) is 9.57. The van der Waals surface area contributed by atoms with Crippen LogP contribution in [-0.4, -0.2) is 23.9 Å². The second-order valence-electron chi connectivity index (χ2n) is 3.38. The fourth-order valence-corrected chi connectivity index (χ4v) is 1.02. The molecule has 0 spiro atoms. The number of carbonyl (C=O) groups is 1. The van der Waals surface area contributed by atoms with Crippen molar-refractivity contribution in [3.63, 3.8) is 0 Å². The largest absolute Gasteiger partial charge is 0.339 e. The summed E-state index contributed by atoms with van der Waals surface area (Å²) >= 11 is 0. The van der Waals surface area contributed by atoms with Crippen molar-refractivity contribution in [1.82, 2.24) is 4.90 Å². The Hall–Kier alpha value is -1.31. The van der Waals surface area contributed by atoms with Gasteiger partial charge >= 0.3 is 0 Å². The first-order valence-corrected chi connectivity index (χ1v) is 5.45. The number of hydrogen-bond donors (Lipinski definition) is 0. The quantitative estimate of drug-likeness (QED) is 0.729. The van der Waals surface area contributed by atoms with Gasteiger partial charge in [0.25, 0.3) is 5.91 Å². The monoisotopic (exact) mass is 207 g/mol. The predicted octanol–water partition coefficient (Wildman–Crippen LogP) is 3.19. The number of benzene rings is 1. The summed E-state index contributed by atoms with van der Waals surface area (Å²) in [7, 11) is 1.82. The van der Waals surface area contributed by atoms with Gasteiger partial charge in [-0.1, -0.05) is 32.0 Å². The zero-order chi connectivity index (χ0) is 11.8. The second-order valence-corrected chi connectivity index (χ2v) is 3.38. The van der Waals surface area contributed by atoms with Crippen molar-refractivity contribution < 1.29 is 4.79 Å². The molecular formula is C13H21NO. The van der Waals surface area contributed by atoms with Crippen LogP contribution in [0.5, 0.6) is 0 Å². The van der Waals surface area contributed by atoms with Crippen molar-refractivity contribution in [2.45, 2.75) is 33.7 Å². The molecule has 0 N–H and O–H groups in total. The summed E-state index contributed by atoms with van der Waals surface area (Å²) in [4.78, 5) is 13.4. The number of hydrogen-bond acceptors (Lipinski definition) is 1. The fraction of sp³-hybridized carbons (Fsp3) is 0.462. The Labute approximate surface area is 92.9 Å². The first kappa shape index (κ1) is 13.7. The Bertz CT molecular complexity index is 280. The van der Waals surface area contributed by atoms with E-state index in [0.717, 1.165) is 5.56 Å². The molecule has 0 heterocycles. The van der Waals surface area contributed by atoms with E-state index in [1.54, 1.807) is 4.90 Å². The van der Waals surface area contributed by atoms with Crippen molar-refractivity contribution >= 4 is 5.91 Å². The molecule has 0 saturated heterocycles. The van der Waals surface area contributed by atoms with Crippen molar-refractivity contribution in [1.29, 1.82) is 0 Å². The maximum Gasteiger partial charge on any atom is 0.253 e. The molecule has 1 amide bonds. The molecule has 0 aliphatic heterocycles. The lowest BCUT2D eigenvalue weighted by Gasteiger charge is -2.21. The summed E-state index contributed by atoms with van der Waals surface area (Å²) in [6.07, 6.45) is 0. The average molecular weight is 207 g/mol. The Morgan fingerprint density at radius 2 is 1.60 bits per heavy atom. The maximum atomic E-state index is 11.7. The Balaban J connectivity index is 0.000000921. The molecule has 1 aromatic carbocycles. The SMILES string of the molecule is CC.CC(C)N(C)C(=O)c1ccccc1. The van der Waals surface area contributed by atoms with Crippen LogP contribution in [0.2, 0.25) is 0 Å². The molecule has 0 fully saturated rings. The Morgan fingerprint density at radius 3 is 2.00 bits per heavy atom. The van der Waals surface area contributed by atoms with Crippen LogP contribution in [0.3, 0.4) is 0 Å². The van der Waals surface area contributed by atoms with Crippen LogP contribution in [0.25, 0.3) is 0 Å². The Kier molecular flexibility index (Phi) is 6.43. The normalized spacial score (nSPS) is 9.20. The van der Waals surface area contributed by atoms with Crippen molar-refractivity contribution in [3.8, 4) is 0 Å². The molecule has 84 valence electrons. The third-order valence-corrected chi connectivity index (χ3v) is 2.12.